The Balaban J connectivity index is 1.99. The summed E-state index contributed by atoms with van der Waals surface area (Å²) in [5, 5.41) is 11.5. The summed E-state index contributed by atoms with van der Waals surface area (Å²) in [7, 11) is 1.61. The van der Waals surface area contributed by atoms with E-state index in [1.54, 1.807) is 14.0 Å². The van der Waals surface area contributed by atoms with Crippen molar-refractivity contribution < 1.29 is 14.3 Å². The Bertz CT molecular complexity index is 784. The molecule has 1 fully saturated rings. The van der Waals surface area contributed by atoms with E-state index in [1.165, 1.54) is 6.42 Å². The monoisotopic (exact) mass is 344 g/mol. The van der Waals surface area contributed by atoms with Gasteiger partial charge in [-0.15, -0.1) is 5.11 Å². The van der Waals surface area contributed by atoms with Crippen LogP contribution in [0.5, 0.6) is 5.75 Å². The van der Waals surface area contributed by atoms with E-state index in [2.05, 4.69) is 22.2 Å². The van der Waals surface area contributed by atoms with Crippen molar-refractivity contribution in [3.63, 3.8) is 0 Å². The third kappa shape index (κ3) is 3.75. The average Bonchev–Trinajstić information content (AvgIpc) is 2.98. The smallest absolute Gasteiger partial charge is 0.357 e. The maximum atomic E-state index is 12.3. The highest BCUT2D eigenvalue weighted by molar-refractivity contribution is 6.05. The summed E-state index contributed by atoms with van der Waals surface area (Å²) in [6.45, 7) is 6.05. The average molecular weight is 344 g/mol. The van der Waals surface area contributed by atoms with E-state index in [0.29, 0.717) is 29.7 Å². The number of rotatable bonds is 5. The molecule has 0 spiro atoms. The van der Waals surface area contributed by atoms with Gasteiger partial charge in [-0.05, 0) is 43.9 Å². The predicted molar refractivity (Wildman–Crippen MR) is 95.3 cm³/mol. The van der Waals surface area contributed by atoms with Crippen LogP contribution in [0, 0.1) is 5.92 Å². The molecule has 7 nitrogen and oxygen atoms in total. The molecular weight excluding hydrogens is 320 g/mol. The molecule has 134 valence electrons. The molecule has 1 aliphatic heterocycles. The fourth-order valence-corrected chi connectivity index (χ4v) is 3.09. The normalized spacial score (nSPS) is 18.0. The molecule has 1 aromatic heterocycles. The van der Waals surface area contributed by atoms with Gasteiger partial charge in [0.15, 0.2) is 5.69 Å². The number of aromatic nitrogens is 1. The SMILES string of the molecule is CCOC(=O)c1[nH]c2ccc(OC)cc2c1N=NN1CCC[C@H](C)C1. The van der Waals surface area contributed by atoms with E-state index >= 15 is 0 Å². The molecule has 1 saturated heterocycles. The quantitative estimate of drug-likeness (QED) is 0.654. The van der Waals surface area contributed by atoms with Crippen molar-refractivity contribution in [1.29, 1.82) is 0 Å². The Morgan fingerprint density at radius 1 is 1.44 bits per heavy atom. The molecule has 25 heavy (non-hydrogen) atoms. The summed E-state index contributed by atoms with van der Waals surface area (Å²) in [6.07, 6.45) is 2.32. The third-order valence-corrected chi connectivity index (χ3v) is 4.36. The number of esters is 1. The lowest BCUT2D eigenvalue weighted by Crippen LogP contribution is -2.29. The standard InChI is InChI=1S/C18H24N4O3/c1-4-25-18(23)17-16(20-21-22-9-5-6-12(2)11-22)14-10-13(24-3)7-8-15(14)19-17/h7-8,10,12,19H,4-6,9,11H2,1-3H3/t12-/m0/s1. The highest BCUT2D eigenvalue weighted by Gasteiger charge is 2.21. The van der Waals surface area contributed by atoms with Gasteiger partial charge in [0.2, 0.25) is 0 Å². The molecular formula is C18H24N4O3. The Morgan fingerprint density at radius 3 is 3.00 bits per heavy atom. The number of aromatic amines is 1. The van der Waals surface area contributed by atoms with Crippen molar-refractivity contribution in [2.24, 2.45) is 16.3 Å². The second kappa shape index (κ2) is 7.55. The Kier molecular flexibility index (Phi) is 5.21. The molecule has 1 aromatic carbocycles. The Hall–Kier alpha value is -2.57. The molecule has 2 aromatic rings. The fourth-order valence-electron chi connectivity index (χ4n) is 3.09. The summed E-state index contributed by atoms with van der Waals surface area (Å²) in [4.78, 5) is 15.4. The van der Waals surface area contributed by atoms with Gasteiger partial charge in [0, 0.05) is 24.0 Å². The molecule has 1 aliphatic rings. The highest BCUT2D eigenvalue weighted by atomic mass is 16.5. The summed E-state index contributed by atoms with van der Waals surface area (Å²) < 4.78 is 10.4. The van der Waals surface area contributed by atoms with Crippen LogP contribution in [0.25, 0.3) is 10.9 Å². The number of hydrogen-bond donors (Lipinski definition) is 1. The van der Waals surface area contributed by atoms with Gasteiger partial charge in [-0.3, -0.25) is 5.01 Å². The van der Waals surface area contributed by atoms with Crippen LogP contribution in [0.4, 0.5) is 5.69 Å². The molecule has 3 rings (SSSR count). The number of nitrogens with one attached hydrogen (secondary N) is 1. The largest absolute Gasteiger partial charge is 0.497 e. The summed E-state index contributed by atoms with van der Waals surface area (Å²) in [5.74, 6) is 0.865. The van der Waals surface area contributed by atoms with E-state index in [9.17, 15) is 4.79 Å². The van der Waals surface area contributed by atoms with E-state index in [1.807, 2.05) is 23.2 Å². The number of piperidine rings is 1. The number of ether oxygens (including phenoxy) is 2. The maximum absolute atomic E-state index is 12.3. The van der Waals surface area contributed by atoms with Gasteiger partial charge in [0.1, 0.15) is 11.4 Å². The molecule has 1 atom stereocenters. The number of carbonyl (C=O) groups is 1. The van der Waals surface area contributed by atoms with Crippen molar-refractivity contribution in [2.45, 2.75) is 26.7 Å². The number of nitrogens with zero attached hydrogens (tertiary/aromatic N) is 3. The third-order valence-electron chi connectivity index (χ3n) is 4.36. The number of carbonyl (C=O) groups excluding carboxylic acids is 1. The van der Waals surface area contributed by atoms with E-state index in [4.69, 9.17) is 9.47 Å². The number of hydrogen-bond acceptors (Lipinski definition) is 5. The lowest BCUT2D eigenvalue weighted by molar-refractivity contribution is 0.0521. The Morgan fingerprint density at radius 2 is 2.28 bits per heavy atom. The first kappa shape index (κ1) is 17.3. The predicted octanol–water partition coefficient (Wildman–Crippen LogP) is 4.08. The lowest BCUT2D eigenvalue weighted by atomic mass is 10.0. The van der Waals surface area contributed by atoms with Crippen LogP contribution in [0.3, 0.4) is 0 Å². The van der Waals surface area contributed by atoms with Crippen molar-refractivity contribution in [3.05, 3.63) is 23.9 Å². The van der Waals surface area contributed by atoms with Gasteiger partial charge >= 0.3 is 5.97 Å². The van der Waals surface area contributed by atoms with Crippen LogP contribution in [0.2, 0.25) is 0 Å². The van der Waals surface area contributed by atoms with Crippen LogP contribution in [-0.4, -0.2) is 42.8 Å². The van der Waals surface area contributed by atoms with Crippen molar-refractivity contribution in [3.8, 4) is 5.75 Å². The zero-order chi connectivity index (χ0) is 17.8. The first-order valence-electron chi connectivity index (χ1n) is 8.65. The molecule has 0 radical (unpaired) electrons. The minimum atomic E-state index is -0.432. The molecule has 2 heterocycles. The van der Waals surface area contributed by atoms with Gasteiger partial charge in [0.25, 0.3) is 0 Å². The molecule has 1 N–H and O–H groups in total. The Labute approximate surface area is 147 Å². The number of fused-ring (bicyclic) bond motifs is 1. The lowest BCUT2D eigenvalue weighted by Gasteiger charge is -2.27. The van der Waals surface area contributed by atoms with Gasteiger partial charge in [-0.1, -0.05) is 12.1 Å². The van der Waals surface area contributed by atoms with Crippen LogP contribution >= 0.6 is 0 Å². The second-order valence-corrected chi connectivity index (χ2v) is 6.33. The topological polar surface area (TPSA) is 79.3 Å². The first-order chi connectivity index (χ1) is 12.1. The molecule has 0 bridgehead atoms. The number of methoxy groups -OCH3 is 1. The zero-order valence-electron chi connectivity index (χ0n) is 14.9. The minimum Gasteiger partial charge on any atom is -0.497 e. The molecule has 0 amide bonds. The van der Waals surface area contributed by atoms with Crippen molar-refractivity contribution in [1.82, 2.24) is 9.99 Å². The maximum Gasteiger partial charge on any atom is 0.357 e. The first-order valence-corrected chi connectivity index (χ1v) is 8.65. The van der Waals surface area contributed by atoms with Crippen LogP contribution in [0.1, 0.15) is 37.2 Å². The number of benzene rings is 1. The van der Waals surface area contributed by atoms with Gasteiger partial charge < -0.3 is 14.5 Å². The van der Waals surface area contributed by atoms with Crippen LogP contribution in [0.15, 0.2) is 28.5 Å². The molecule has 0 unspecified atom stereocenters. The van der Waals surface area contributed by atoms with Crippen molar-refractivity contribution >= 4 is 22.6 Å². The van der Waals surface area contributed by atoms with Gasteiger partial charge in [0.05, 0.1) is 13.7 Å². The zero-order valence-corrected chi connectivity index (χ0v) is 14.9. The summed E-state index contributed by atoms with van der Waals surface area (Å²) >= 11 is 0. The highest BCUT2D eigenvalue weighted by Crippen LogP contribution is 2.34. The molecule has 7 heteroatoms. The van der Waals surface area contributed by atoms with Crippen molar-refractivity contribution in [2.75, 3.05) is 26.8 Å². The summed E-state index contributed by atoms with van der Waals surface area (Å²) in [5.41, 5.74) is 1.61. The van der Waals surface area contributed by atoms with E-state index < -0.39 is 5.97 Å². The fraction of sp³-hybridized carbons (Fsp3) is 0.500. The second-order valence-electron chi connectivity index (χ2n) is 6.33. The van der Waals surface area contributed by atoms with Gasteiger partial charge in [-0.2, -0.15) is 0 Å². The minimum absolute atomic E-state index is 0.303. The molecule has 0 aliphatic carbocycles. The van der Waals surface area contributed by atoms with Gasteiger partial charge in [-0.25, -0.2) is 4.79 Å². The molecule has 0 saturated carbocycles. The summed E-state index contributed by atoms with van der Waals surface area (Å²) in [6, 6.07) is 5.54. The van der Waals surface area contributed by atoms with E-state index in [0.717, 1.165) is 30.4 Å². The van der Waals surface area contributed by atoms with E-state index in [-0.39, 0.29) is 0 Å². The van der Waals surface area contributed by atoms with Crippen LogP contribution < -0.4 is 4.74 Å². The number of H-pyrrole nitrogens is 1. The van der Waals surface area contributed by atoms with Crippen LogP contribution in [-0.2, 0) is 4.74 Å².